The van der Waals surface area contributed by atoms with Crippen molar-refractivity contribution in [1.29, 1.82) is 0 Å². The second kappa shape index (κ2) is 6.15. The summed E-state index contributed by atoms with van der Waals surface area (Å²) in [6, 6.07) is 8.52. The van der Waals surface area contributed by atoms with E-state index in [2.05, 4.69) is 34.5 Å². The van der Waals surface area contributed by atoms with Crippen LogP contribution in [-0.2, 0) is 6.54 Å². The Balaban J connectivity index is 1.61. The standard InChI is InChI=1S/C17H26N2O/c1-20-16-6-4-15(5-7-16)12-19-11-3-9-17(14-19)8-2-10-18-13-17/h4-7,18H,2-3,8-14H2,1H3. The van der Waals surface area contributed by atoms with Crippen molar-refractivity contribution in [3.8, 4) is 5.75 Å². The Bertz CT molecular complexity index is 418. The SMILES string of the molecule is COc1ccc(CN2CCCC3(CCCNC3)C2)cc1. The number of ether oxygens (including phenoxy) is 1. The van der Waals surface area contributed by atoms with Crippen molar-refractivity contribution >= 4 is 0 Å². The average molecular weight is 274 g/mol. The van der Waals surface area contributed by atoms with E-state index < -0.39 is 0 Å². The fourth-order valence-electron chi connectivity index (χ4n) is 3.81. The van der Waals surface area contributed by atoms with Gasteiger partial charge in [-0.1, -0.05) is 12.1 Å². The summed E-state index contributed by atoms with van der Waals surface area (Å²) in [5.74, 6) is 0.945. The minimum atomic E-state index is 0.545. The Labute approximate surface area is 122 Å². The van der Waals surface area contributed by atoms with Gasteiger partial charge in [-0.3, -0.25) is 4.90 Å². The molecular weight excluding hydrogens is 248 g/mol. The van der Waals surface area contributed by atoms with Crippen LogP contribution in [0.2, 0.25) is 0 Å². The van der Waals surface area contributed by atoms with Crippen LogP contribution in [0.15, 0.2) is 24.3 Å². The number of nitrogens with one attached hydrogen (secondary N) is 1. The molecule has 2 aliphatic heterocycles. The van der Waals surface area contributed by atoms with Crippen molar-refractivity contribution in [1.82, 2.24) is 10.2 Å². The van der Waals surface area contributed by atoms with Gasteiger partial charge in [0.15, 0.2) is 0 Å². The van der Waals surface area contributed by atoms with E-state index in [4.69, 9.17) is 4.74 Å². The molecule has 110 valence electrons. The predicted octanol–water partition coefficient (Wildman–Crippen LogP) is 2.66. The second-order valence-electron chi connectivity index (χ2n) is 6.44. The summed E-state index contributed by atoms with van der Waals surface area (Å²) >= 11 is 0. The highest BCUT2D eigenvalue weighted by Crippen LogP contribution is 2.36. The van der Waals surface area contributed by atoms with E-state index in [1.54, 1.807) is 7.11 Å². The third kappa shape index (κ3) is 3.15. The van der Waals surface area contributed by atoms with Crippen LogP contribution in [0.1, 0.15) is 31.2 Å². The molecule has 1 atom stereocenters. The van der Waals surface area contributed by atoms with Gasteiger partial charge < -0.3 is 10.1 Å². The van der Waals surface area contributed by atoms with E-state index in [0.717, 1.165) is 12.3 Å². The van der Waals surface area contributed by atoms with Gasteiger partial charge in [0.25, 0.3) is 0 Å². The number of benzene rings is 1. The number of likely N-dealkylation sites (tertiary alicyclic amines) is 1. The molecule has 3 heteroatoms. The Hall–Kier alpha value is -1.06. The van der Waals surface area contributed by atoms with Crippen LogP contribution in [0.25, 0.3) is 0 Å². The van der Waals surface area contributed by atoms with E-state index >= 15 is 0 Å². The molecule has 1 spiro atoms. The molecule has 1 N–H and O–H groups in total. The average Bonchev–Trinajstić information content (AvgIpc) is 2.49. The number of nitrogens with zero attached hydrogens (tertiary/aromatic N) is 1. The van der Waals surface area contributed by atoms with Crippen LogP contribution in [0.5, 0.6) is 5.75 Å². The number of hydrogen-bond donors (Lipinski definition) is 1. The van der Waals surface area contributed by atoms with Crippen LogP contribution >= 0.6 is 0 Å². The number of methoxy groups -OCH3 is 1. The van der Waals surface area contributed by atoms with Crippen molar-refractivity contribution < 1.29 is 4.74 Å². The lowest BCUT2D eigenvalue weighted by atomic mass is 9.74. The molecule has 1 aromatic rings. The Morgan fingerprint density at radius 2 is 2.00 bits per heavy atom. The molecule has 1 aromatic carbocycles. The van der Waals surface area contributed by atoms with Gasteiger partial charge >= 0.3 is 0 Å². The zero-order valence-electron chi connectivity index (χ0n) is 12.5. The van der Waals surface area contributed by atoms with Crippen molar-refractivity contribution in [2.75, 3.05) is 33.3 Å². The van der Waals surface area contributed by atoms with Crippen LogP contribution in [0, 0.1) is 5.41 Å². The van der Waals surface area contributed by atoms with Crippen LogP contribution in [-0.4, -0.2) is 38.2 Å². The Morgan fingerprint density at radius 1 is 1.20 bits per heavy atom. The lowest BCUT2D eigenvalue weighted by molar-refractivity contribution is 0.0600. The van der Waals surface area contributed by atoms with E-state index in [-0.39, 0.29) is 0 Å². The van der Waals surface area contributed by atoms with E-state index in [1.165, 1.54) is 57.4 Å². The van der Waals surface area contributed by atoms with E-state index in [1.807, 2.05) is 0 Å². The molecule has 0 aromatic heterocycles. The first-order chi connectivity index (χ1) is 9.80. The lowest BCUT2D eigenvalue weighted by Gasteiger charge is -2.45. The van der Waals surface area contributed by atoms with Gasteiger partial charge in [0.1, 0.15) is 5.75 Å². The molecule has 3 rings (SSSR count). The molecule has 1 unspecified atom stereocenters. The molecule has 0 radical (unpaired) electrons. The van der Waals surface area contributed by atoms with Crippen molar-refractivity contribution in [2.24, 2.45) is 5.41 Å². The molecule has 2 heterocycles. The maximum atomic E-state index is 5.23. The molecular formula is C17H26N2O. The molecule has 2 aliphatic rings. The van der Waals surface area contributed by atoms with Gasteiger partial charge in [0.2, 0.25) is 0 Å². The Kier molecular flexibility index (Phi) is 4.27. The molecule has 0 amide bonds. The molecule has 3 nitrogen and oxygen atoms in total. The van der Waals surface area contributed by atoms with Gasteiger partial charge in [-0.15, -0.1) is 0 Å². The van der Waals surface area contributed by atoms with Crippen LogP contribution in [0.3, 0.4) is 0 Å². The lowest BCUT2D eigenvalue weighted by Crippen LogP contribution is -2.50. The zero-order valence-corrected chi connectivity index (χ0v) is 12.5. The summed E-state index contributed by atoms with van der Waals surface area (Å²) in [4.78, 5) is 2.64. The van der Waals surface area contributed by atoms with Crippen LogP contribution in [0.4, 0.5) is 0 Å². The molecule has 20 heavy (non-hydrogen) atoms. The summed E-state index contributed by atoms with van der Waals surface area (Å²) < 4.78 is 5.23. The third-order valence-electron chi connectivity index (χ3n) is 4.87. The quantitative estimate of drug-likeness (QED) is 0.917. The fraction of sp³-hybridized carbons (Fsp3) is 0.647. The van der Waals surface area contributed by atoms with Gasteiger partial charge in [-0.25, -0.2) is 0 Å². The minimum Gasteiger partial charge on any atom is -0.497 e. The van der Waals surface area contributed by atoms with E-state index in [9.17, 15) is 0 Å². The van der Waals surface area contributed by atoms with Gasteiger partial charge in [0, 0.05) is 19.6 Å². The van der Waals surface area contributed by atoms with Crippen molar-refractivity contribution in [3.63, 3.8) is 0 Å². The normalized spacial score (nSPS) is 27.6. The fourth-order valence-corrected chi connectivity index (χ4v) is 3.81. The first kappa shape index (κ1) is 13.9. The summed E-state index contributed by atoms with van der Waals surface area (Å²) in [5.41, 5.74) is 1.94. The zero-order chi connectivity index (χ0) is 13.8. The van der Waals surface area contributed by atoms with Crippen LogP contribution < -0.4 is 10.1 Å². The highest BCUT2D eigenvalue weighted by molar-refractivity contribution is 5.27. The van der Waals surface area contributed by atoms with E-state index in [0.29, 0.717) is 5.41 Å². The summed E-state index contributed by atoms with van der Waals surface area (Å²) in [5, 5.41) is 3.60. The second-order valence-corrected chi connectivity index (χ2v) is 6.44. The Morgan fingerprint density at radius 3 is 2.70 bits per heavy atom. The van der Waals surface area contributed by atoms with Crippen molar-refractivity contribution in [2.45, 2.75) is 32.2 Å². The maximum absolute atomic E-state index is 5.23. The minimum absolute atomic E-state index is 0.545. The first-order valence-corrected chi connectivity index (χ1v) is 7.86. The molecule has 2 fully saturated rings. The summed E-state index contributed by atoms with van der Waals surface area (Å²) in [6.07, 6.45) is 5.49. The molecule has 0 aliphatic carbocycles. The summed E-state index contributed by atoms with van der Waals surface area (Å²) in [7, 11) is 1.72. The predicted molar refractivity (Wildman–Crippen MR) is 82.0 cm³/mol. The van der Waals surface area contributed by atoms with Gasteiger partial charge in [0.05, 0.1) is 7.11 Å². The third-order valence-corrected chi connectivity index (χ3v) is 4.87. The monoisotopic (exact) mass is 274 g/mol. The number of piperidine rings is 2. The topological polar surface area (TPSA) is 24.5 Å². The highest BCUT2D eigenvalue weighted by atomic mass is 16.5. The molecule has 0 bridgehead atoms. The van der Waals surface area contributed by atoms with Crippen molar-refractivity contribution in [3.05, 3.63) is 29.8 Å². The van der Waals surface area contributed by atoms with Gasteiger partial charge in [-0.2, -0.15) is 0 Å². The summed E-state index contributed by atoms with van der Waals surface area (Å²) in [6.45, 7) is 6.00. The molecule has 2 saturated heterocycles. The smallest absolute Gasteiger partial charge is 0.118 e. The number of rotatable bonds is 3. The molecule has 0 saturated carbocycles. The number of hydrogen-bond acceptors (Lipinski definition) is 3. The first-order valence-electron chi connectivity index (χ1n) is 7.86. The maximum Gasteiger partial charge on any atom is 0.118 e. The highest BCUT2D eigenvalue weighted by Gasteiger charge is 2.36. The van der Waals surface area contributed by atoms with Gasteiger partial charge in [-0.05, 0) is 61.9 Å². The largest absolute Gasteiger partial charge is 0.497 e.